The third kappa shape index (κ3) is 3.30. The molecular formula is C13H17NO. The van der Waals surface area contributed by atoms with E-state index in [2.05, 4.69) is 18.2 Å². The molecule has 1 unspecified atom stereocenters. The first-order chi connectivity index (χ1) is 7.31. The fraction of sp³-hybridized carbons (Fsp3) is 0.385. The van der Waals surface area contributed by atoms with Gasteiger partial charge in [-0.25, -0.2) is 0 Å². The summed E-state index contributed by atoms with van der Waals surface area (Å²) in [6, 6.07) is 7.84. The molecule has 2 nitrogen and oxygen atoms in total. The van der Waals surface area contributed by atoms with Gasteiger partial charge in [0.05, 0.1) is 12.6 Å². The van der Waals surface area contributed by atoms with Crippen molar-refractivity contribution < 1.29 is 4.74 Å². The smallest absolute Gasteiger partial charge is 0.119 e. The van der Waals surface area contributed by atoms with E-state index < -0.39 is 0 Å². The van der Waals surface area contributed by atoms with E-state index in [1.54, 1.807) is 0 Å². The molecule has 0 aliphatic heterocycles. The van der Waals surface area contributed by atoms with Crippen LogP contribution in [0.2, 0.25) is 0 Å². The van der Waals surface area contributed by atoms with Gasteiger partial charge in [-0.05, 0) is 31.2 Å². The van der Waals surface area contributed by atoms with Gasteiger partial charge in [-0.15, -0.1) is 6.42 Å². The van der Waals surface area contributed by atoms with Crippen molar-refractivity contribution in [1.29, 1.82) is 0 Å². The third-order valence-corrected chi connectivity index (χ3v) is 2.12. The molecule has 2 heteroatoms. The fourth-order valence-corrected chi connectivity index (χ4v) is 1.35. The Morgan fingerprint density at radius 2 is 2.33 bits per heavy atom. The zero-order chi connectivity index (χ0) is 11.1. The van der Waals surface area contributed by atoms with Crippen LogP contribution in [0.25, 0.3) is 0 Å². The van der Waals surface area contributed by atoms with Gasteiger partial charge < -0.3 is 10.1 Å². The topological polar surface area (TPSA) is 21.3 Å². The first-order valence-corrected chi connectivity index (χ1v) is 5.18. The first-order valence-electron chi connectivity index (χ1n) is 5.18. The van der Waals surface area contributed by atoms with Gasteiger partial charge in [0.25, 0.3) is 0 Å². The van der Waals surface area contributed by atoms with Crippen LogP contribution >= 0.6 is 0 Å². The highest BCUT2D eigenvalue weighted by Gasteiger charge is 2.05. The highest BCUT2D eigenvalue weighted by Crippen LogP contribution is 2.18. The molecule has 0 bridgehead atoms. The van der Waals surface area contributed by atoms with Crippen LogP contribution in [-0.4, -0.2) is 13.7 Å². The summed E-state index contributed by atoms with van der Waals surface area (Å²) in [7, 11) is 1.85. The second-order valence-electron chi connectivity index (χ2n) is 3.31. The summed E-state index contributed by atoms with van der Waals surface area (Å²) < 4.78 is 5.54. The van der Waals surface area contributed by atoms with Gasteiger partial charge in [0, 0.05) is 0 Å². The van der Waals surface area contributed by atoms with E-state index in [0.717, 1.165) is 24.3 Å². The standard InChI is InChI=1S/C13H17NO/c1-4-9-15-12-8-6-7-11(10-12)13(5-2)14-3/h2,6-8,10,13-14H,4,9H2,1,3H3. The molecule has 0 spiro atoms. The quantitative estimate of drug-likeness (QED) is 0.742. The second kappa shape index (κ2) is 6.10. The van der Waals surface area contributed by atoms with Crippen molar-refractivity contribution >= 4 is 0 Å². The summed E-state index contributed by atoms with van der Waals surface area (Å²) in [5.74, 6) is 3.56. The lowest BCUT2D eigenvalue weighted by Gasteiger charge is -2.11. The molecule has 15 heavy (non-hydrogen) atoms. The molecule has 0 radical (unpaired) electrons. The maximum Gasteiger partial charge on any atom is 0.119 e. The molecule has 1 atom stereocenters. The van der Waals surface area contributed by atoms with Crippen LogP contribution in [-0.2, 0) is 0 Å². The van der Waals surface area contributed by atoms with Gasteiger partial charge in [-0.3, -0.25) is 0 Å². The average molecular weight is 203 g/mol. The van der Waals surface area contributed by atoms with Crippen molar-refractivity contribution in [3.05, 3.63) is 29.8 Å². The van der Waals surface area contributed by atoms with Crippen LogP contribution in [0, 0.1) is 12.3 Å². The van der Waals surface area contributed by atoms with Crippen LogP contribution in [0.3, 0.4) is 0 Å². The molecule has 1 aromatic carbocycles. The Labute approximate surface area is 91.6 Å². The van der Waals surface area contributed by atoms with E-state index in [1.165, 1.54) is 0 Å². The lowest BCUT2D eigenvalue weighted by Crippen LogP contribution is -2.14. The van der Waals surface area contributed by atoms with E-state index >= 15 is 0 Å². The minimum atomic E-state index is -0.0461. The van der Waals surface area contributed by atoms with Crippen LogP contribution in [0.5, 0.6) is 5.75 Å². The van der Waals surface area contributed by atoms with Crippen LogP contribution in [0.15, 0.2) is 24.3 Å². The number of hydrogen-bond donors (Lipinski definition) is 1. The molecule has 80 valence electrons. The number of nitrogens with one attached hydrogen (secondary N) is 1. The van der Waals surface area contributed by atoms with Crippen LogP contribution in [0.1, 0.15) is 24.9 Å². The van der Waals surface area contributed by atoms with Gasteiger partial charge in [0.1, 0.15) is 5.75 Å². The van der Waals surface area contributed by atoms with Crippen molar-refractivity contribution in [2.24, 2.45) is 0 Å². The van der Waals surface area contributed by atoms with Gasteiger partial charge >= 0.3 is 0 Å². The molecule has 0 fully saturated rings. The van der Waals surface area contributed by atoms with Crippen LogP contribution in [0.4, 0.5) is 0 Å². The first kappa shape index (κ1) is 11.6. The zero-order valence-electron chi connectivity index (χ0n) is 9.29. The van der Waals surface area contributed by atoms with Gasteiger partial charge in [-0.1, -0.05) is 25.0 Å². The molecule has 0 heterocycles. The minimum absolute atomic E-state index is 0.0461. The summed E-state index contributed by atoms with van der Waals surface area (Å²) in [5, 5.41) is 3.06. The zero-order valence-corrected chi connectivity index (χ0v) is 9.29. The van der Waals surface area contributed by atoms with Crippen molar-refractivity contribution in [2.45, 2.75) is 19.4 Å². The molecular weight excluding hydrogens is 186 g/mol. The molecule has 0 amide bonds. The molecule has 1 N–H and O–H groups in total. The molecule has 1 rings (SSSR count). The lowest BCUT2D eigenvalue weighted by atomic mass is 10.1. The van der Waals surface area contributed by atoms with E-state index in [0.29, 0.717) is 0 Å². The number of terminal acetylenes is 1. The molecule has 0 aromatic heterocycles. The Balaban J connectivity index is 2.78. The maximum atomic E-state index is 5.54. The summed E-state index contributed by atoms with van der Waals surface area (Å²) in [6.07, 6.45) is 6.42. The highest BCUT2D eigenvalue weighted by atomic mass is 16.5. The Morgan fingerprint density at radius 1 is 1.53 bits per heavy atom. The number of ether oxygens (including phenoxy) is 1. The molecule has 0 aliphatic rings. The molecule has 0 saturated carbocycles. The molecule has 0 aliphatic carbocycles. The predicted molar refractivity (Wildman–Crippen MR) is 62.9 cm³/mol. The summed E-state index contributed by atoms with van der Waals surface area (Å²) in [5.41, 5.74) is 1.06. The van der Waals surface area contributed by atoms with Crippen molar-refractivity contribution in [3.8, 4) is 18.1 Å². The number of benzene rings is 1. The Morgan fingerprint density at radius 3 is 2.93 bits per heavy atom. The van der Waals surface area contributed by atoms with Crippen LogP contribution < -0.4 is 10.1 Å². The molecule has 1 aromatic rings. The summed E-state index contributed by atoms with van der Waals surface area (Å²) in [4.78, 5) is 0. The van der Waals surface area contributed by atoms with Gasteiger partial charge in [0.15, 0.2) is 0 Å². The van der Waals surface area contributed by atoms with Crippen molar-refractivity contribution in [1.82, 2.24) is 5.32 Å². The fourth-order valence-electron chi connectivity index (χ4n) is 1.35. The largest absolute Gasteiger partial charge is 0.494 e. The molecule has 0 saturated heterocycles. The average Bonchev–Trinajstić information content (AvgIpc) is 2.29. The number of rotatable bonds is 5. The minimum Gasteiger partial charge on any atom is -0.494 e. The van der Waals surface area contributed by atoms with E-state index in [4.69, 9.17) is 11.2 Å². The third-order valence-electron chi connectivity index (χ3n) is 2.12. The van der Waals surface area contributed by atoms with Gasteiger partial charge in [0.2, 0.25) is 0 Å². The summed E-state index contributed by atoms with van der Waals surface area (Å²) in [6.45, 7) is 2.82. The SMILES string of the molecule is C#CC(NC)c1cccc(OCCC)c1. The Bertz CT molecular complexity index is 341. The van der Waals surface area contributed by atoms with E-state index in [-0.39, 0.29) is 6.04 Å². The van der Waals surface area contributed by atoms with Crippen molar-refractivity contribution in [2.75, 3.05) is 13.7 Å². The van der Waals surface area contributed by atoms with E-state index in [9.17, 15) is 0 Å². The monoisotopic (exact) mass is 203 g/mol. The second-order valence-corrected chi connectivity index (χ2v) is 3.31. The summed E-state index contributed by atoms with van der Waals surface area (Å²) >= 11 is 0. The number of hydrogen-bond acceptors (Lipinski definition) is 2. The Hall–Kier alpha value is -1.46. The predicted octanol–water partition coefficient (Wildman–Crippen LogP) is 2.37. The normalized spacial score (nSPS) is 11.8. The van der Waals surface area contributed by atoms with Crippen molar-refractivity contribution in [3.63, 3.8) is 0 Å². The Kier molecular flexibility index (Phi) is 4.73. The highest BCUT2D eigenvalue weighted by molar-refractivity contribution is 5.33. The lowest BCUT2D eigenvalue weighted by molar-refractivity contribution is 0.317. The maximum absolute atomic E-state index is 5.54. The van der Waals surface area contributed by atoms with Gasteiger partial charge in [-0.2, -0.15) is 0 Å². The van der Waals surface area contributed by atoms with E-state index in [1.807, 2.05) is 31.3 Å².